The molecule has 1 amide bonds. The summed E-state index contributed by atoms with van der Waals surface area (Å²) in [5.74, 6) is 1.11. The highest BCUT2D eigenvalue weighted by Gasteiger charge is 2.03. The first kappa shape index (κ1) is 16.2. The van der Waals surface area contributed by atoms with Gasteiger partial charge in [-0.1, -0.05) is 0 Å². The van der Waals surface area contributed by atoms with Crippen LogP contribution in [0.25, 0.3) is 0 Å². The number of carbonyl (C=O) groups is 1. The Morgan fingerprint density at radius 2 is 1.96 bits per heavy atom. The van der Waals surface area contributed by atoms with E-state index in [9.17, 15) is 4.79 Å². The molecule has 2 aromatic rings. The summed E-state index contributed by atoms with van der Waals surface area (Å²) >= 11 is 0. The van der Waals surface area contributed by atoms with Gasteiger partial charge in [-0.15, -0.1) is 0 Å². The number of benzene rings is 1. The van der Waals surface area contributed by atoms with Crippen LogP contribution < -0.4 is 19.6 Å². The van der Waals surface area contributed by atoms with E-state index in [4.69, 9.17) is 14.2 Å². The largest absolute Gasteiger partial charge is 0.497 e. The van der Waals surface area contributed by atoms with Crippen LogP contribution in [0.4, 0.5) is 0 Å². The van der Waals surface area contributed by atoms with Gasteiger partial charge in [0.1, 0.15) is 11.5 Å². The van der Waals surface area contributed by atoms with E-state index in [1.165, 1.54) is 24.8 Å². The molecular weight excluding hydrogens is 300 g/mol. The fourth-order valence-corrected chi connectivity index (χ4v) is 1.61. The van der Waals surface area contributed by atoms with Gasteiger partial charge in [-0.2, -0.15) is 5.10 Å². The minimum Gasteiger partial charge on any atom is -0.497 e. The van der Waals surface area contributed by atoms with Crippen molar-refractivity contribution in [1.82, 2.24) is 15.4 Å². The highest BCUT2D eigenvalue weighted by Crippen LogP contribution is 2.21. The zero-order valence-corrected chi connectivity index (χ0v) is 12.7. The van der Waals surface area contributed by atoms with Gasteiger partial charge in [0.15, 0.2) is 6.61 Å². The number of amides is 1. The lowest BCUT2D eigenvalue weighted by atomic mass is 10.2. The summed E-state index contributed by atoms with van der Waals surface area (Å²) in [4.78, 5) is 19.3. The molecule has 1 N–H and O–H groups in total. The average Bonchev–Trinajstić information content (AvgIpc) is 2.60. The van der Waals surface area contributed by atoms with Gasteiger partial charge in [0.25, 0.3) is 5.91 Å². The fraction of sp³-hybridized carbons (Fsp3) is 0.200. The topological polar surface area (TPSA) is 94.9 Å². The maximum absolute atomic E-state index is 11.6. The summed E-state index contributed by atoms with van der Waals surface area (Å²) < 4.78 is 15.4. The first-order chi connectivity index (χ1) is 11.2. The Hall–Kier alpha value is -3.16. The summed E-state index contributed by atoms with van der Waals surface area (Å²) in [6.07, 6.45) is 5.88. The third kappa shape index (κ3) is 5.27. The van der Waals surface area contributed by atoms with E-state index in [1.807, 2.05) is 0 Å². The van der Waals surface area contributed by atoms with Crippen molar-refractivity contribution in [2.24, 2.45) is 5.10 Å². The fourth-order valence-electron chi connectivity index (χ4n) is 1.61. The summed E-state index contributed by atoms with van der Waals surface area (Å²) in [5.41, 5.74) is 3.07. The van der Waals surface area contributed by atoms with Crippen molar-refractivity contribution in [1.29, 1.82) is 0 Å². The smallest absolute Gasteiger partial charge is 0.278 e. The zero-order valence-electron chi connectivity index (χ0n) is 12.7. The molecule has 0 unspecified atom stereocenters. The third-order valence-electron chi connectivity index (χ3n) is 2.67. The molecule has 0 saturated heterocycles. The van der Waals surface area contributed by atoms with Crippen molar-refractivity contribution < 1.29 is 19.0 Å². The lowest BCUT2D eigenvalue weighted by Gasteiger charge is -2.05. The Balaban J connectivity index is 1.87. The van der Waals surface area contributed by atoms with Crippen LogP contribution in [0.3, 0.4) is 0 Å². The lowest BCUT2D eigenvalue weighted by molar-refractivity contribution is -0.123. The summed E-state index contributed by atoms with van der Waals surface area (Å²) in [6, 6.07) is 5.26. The molecule has 0 saturated carbocycles. The number of ether oxygens (including phenoxy) is 3. The molecular formula is C15H16N4O4. The number of rotatable bonds is 7. The van der Waals surface area contributed by atoms with Crippen LogP contribution in [-0.4, -0.2) is 42.9 Å². The van der Waals surface area contributed by atoms with Gasteiger partial charge in [-0.05, 0) is 12.1 Å². The van der Waals surface area contributed by atoms with Gasteiger partial charge >= 0.3 is 0 Å². The van der Waals surface area contributed by atoms with Crippen molar-refractivity contribution in [3.63, 3.8) is 0 Å². The predicted octanol–water partition coefficient (Wildman–Crippen LogP) is 1.02. The van der Waals surface area contributed by atoms with Gasteiger partial charge in [0.2, 0.25) is 5.88 Å². The summed E-state index contributed by atoms with van der Waals surface area (Å²) in [5, 5.41) is 3.85. The second kappa shape index (κ2) is 8.32. The molecule has 8 heteroatoms. The van der Waals surface area contributed by atoms with Crippen molar-refractivity contribution >= 4 is 12.1 Å². The Kier molecular flexibility index (Phi) is 5.87. The second-order valence-electron chi connectivity index (χ2n) is 4.27. The molecule has 1 heterocycles. The monoisotopic (exact) mass is 316 g/mol. The molecule has 0 bridgehead atoms. The maximum Gasteiger partial charge on any atom is 0.278 e. The second-order valence-corrected chi connectivity index (χ2v) is 4.27. The van der Waals surface area contributed by atoms with Gasteiger partial charge in [-0.25, -0.2) is 10.4 Å². The van der Waals surface area contributed by atoms with Gasteiger partial charge < -0.3 is 14.2 Å². The Morgan fingerprint density at radius 3 is 2.57 bits per heavy atom. The van der Waals surface area contributed by atoms with Crippen molar-refractivity contribution in [3.8, 4) is 17.4 Å². The number of nitrogens with one attached hydrogen (secondary N) is 1. The number of hydrogen-bond donors (Lipinski definition) is 1. The van der Waals surface area contributed by atoms with Crippen molar-refractivity contribution in [3.05, 3.63) is 42.4 Å². The molecule has 120 valence electrons. The molecule has 0 atom stereocenters. The van der Waals surface area contributed by atoms with Crippen molar-refractivity contribution in [2.75, 3.05) is 20.8 Å². The molecule has 23 heavy (non-hydrogen) atoms. The molecule has 0 radical (unpaired) electrons. The number of carbonyl (C=O) groups excluding carboxylic acids is 1. The summed E-state index contributed by atoms with van der Waals surface area (Å²) in [6.45, 7) is -0.211. The molecule has 1 aromatic heterocycles. The zero-order chi connectivity index (χ0) is 16.5. The SMILES string of the molecule is COc1cc(/C=N/NC(=O)COc2cnccn2)cc(OC)c1. The minimum absolute atomic E-state index is 0.211. The standard InChI is InChI=1S/C15H16N4O4/c1-21-12-5-11(6-13(7-12)22-2)8-18-19-14(20)10-23-15-9-16-3-4-17-15/h3-9H,10H2,1-2H3,(H,19,20)/b18-8+. The van der Waals surface area contributed by atoms with Crippen LogP contribution in [0.15, 0.2) is 41.9 Å². The van der Waals surface area contributed by atoms with E-state index in [-0.39, 0.29) is 12.5 Å². The Labute approximate surface area is 133 Å². The average molecular weight is 316 g/mol. The molecule has 0 aliphatic carbocycles. The maximum atomic E-state index is 11.6. The number of aromatic nitrogens is 2. The number of methoxy groups -OCH3 is 2. The van der Waals surface area contributed by atoms with E-state index in [0.717, 1.165) is 5.56 Å². The first-order valence-corrected chi connectivity index (χ1v) is 6.65. The molecule has 8 nitrogen and oxygen atoms in total. The number of hydrazone groups is 1. The molecule has 1 aromatic carbocycles. The highest BCUT2D eigenvalue weighted by atomic mass is 16.5. The Bertz CT molecular complexity index is 654. The number of hydrogen-bond acceptors (Lipinski definition) is 7. The predicted molar refractivity (Wildman–Crippen MR) is 82.8 cm³/mol. The molecule has 2 rings (SSSR count). The highest BCUT2D eigenvalue weighted by molar-refractivity contribution is 5.83. The van der Waals surface area contributed by atoms with E-state index < -0.39 is 5.91 Å². The van der Waals surface area contributed by atoms with E-state index in [0.29, 0.717) is 11.5 Å². The molecule has 0 aliphatic rings. The minimum atomic E-state index is -0.415. The van der Waals surface area contributed by atoms with E-state index in [2.05, 4.69) is 20.5 Å². The molecule has 0 fully saturated rings. The van der Waals surface area contributed by atoms with Crippen LogP contribution in [-0.2, 0) is 4.79 Å². The quantitative estimate of drug-likeness (QED) is 0.605. The molecule has 0 spiro atoms. The van der Waals surface area contributed by atoms with Crippen LogP contribution in [0.5, 0.6) is 17.4 Å². The van der Waals surface area contributed by atoms with Crippen molar-refractivity contribution in [2.45, 2.75) is 0 Å². The lowest BCUT2D eigenvalue weighted by Crippen LogP contribution is -2.24. The Morgan fingerprint density at radius 1 is 1.22 bits per heavy atom. The van der Waals surface area contributed by atoms with Gasteiger partial charge in [0, 0.05) is 24.0 Å². The van der Waals surface area contributed by atoms with E-state index >= 15 is 0 Å². The first-order valence-electron chi connectivity index (χ1n) is 6.65. The van der Waals surface area contributed by atoms with Crippen LogP contribution in [0, 0.1) is 0 Å². The van der Waals surface area contributed by atoms with Crippen LogP contribution in [0.2, 0.25) is 0 Å². The van der Waals surface area contributed by atoms with Gasteiger partial charge in [0.05, 0.1) is 26.6 Å². The molecule has 0 aliphatic heterocycles. The van der Waals surface area contributed by atoms with Gasteiger partial charge in [-0.3, -0.25) is 9.78 Å². The third-order valence-corrected chi connectivity index (χ3v) is 2.67. The number of nitrogens with zero attached hydrogens (tertiary/aromatic N) is 3. The normalized spacial score (nSPS) is 10.3. The van der Waals surface area contributed by atoms with Crippen LogP contribution >= 0.6 is 0 Å². The van der Waals surface area contributed by atoms with E-state index in [1.54, 1.807) is 32.4 Å². The summed E-state index contributed by atoms with van der Waals surface area (Å²) in [7, 11) is 3.11. The van der Waals surface area contributed by atoms with Crippen LogP contribution in [0.1, 0.15) is 5.56 Å².